The van der Waals surface area contributed by atoms with Crippen molar-refractivity contribution in [2.75, 3.05) is 0 Å². The van der Waals surface area contributed by atoms with Crippen LogP contribution in [0.15, 0.2) is 54.7 Å². The van der Waals surface area contributed by atoms with Gasteiger partial charge in [-0.25, -0.2) is 4.57 Å². The molecule has 2 nitrogen and oxygen atoms in total. The Hall–Kier alpha value is -2.91. The average Bonchev–Trinajstić information content (AvgIpc) is 3.19. The third-order valence-corrected chi connectivity index (χ3v) is 14.9. The molecule has 0 saturated carbocycles. The molecular formula is C33H39N2Si+. The van der Waals surface area contributed by atoms with E-state index in [1.165, 1.54) is 78.3 Å². The van der Waals surface area contributed by atoms with Crippen LogP contribution in [0.25, 0.3) is 49.0 Å². The first-order valence-corrected chi connectivity index (χ1v) is 16.3. The van der Waals surface area contributed by atoms with Crippen molar-refractivity contribution in [1.29, 1.82) is 0 Å². The second-order valence-electron chi connectivity index (χ2n) is 12.0. The number of nitrogens with zero attached hydrogens (tertiary/aromatic N) is 2. The monoisotopic (exact) mass is 491 g/mol. The number of pyridine rings is 2. The van der Waals surface area contributed by atoms with Crippen molar-refractivity contribution >= 4 is 62.3 Å². The molecule has 0 radical (unpaired) electrons. The lowest BCUT2D eigenvalue weighted by atomic mass is 9.86. The number of hydrogen-bond donors (Lipinski definition) is 0. The molecule has 0 aliphatic heterocycles. The van der Waals surface area contributed by atoms with E-state index in [4.69, 9.17) is 0 Å². The first kappa shape index (κ1) is 23.5. The van der Waals surface area contributed by atoms with Crippen LogP contribution in [0.2, 0.25) is 18.1 Å². The minimum atomic E-state index is -1.56. The summed E-state index contributed by atoms with van der Waals surface area (Å²) in [6, 6.07) is 23.2. The summed E-state index contributed by atoms with van der Waals surface area (Å²) in [7, 11) is 0.653. The van der Waals surface area contributed by atoms with Crippen LogP contribution in [0.3, 0.4) is 0 Å². The Morgan fingerprint density at radius 2 is 1.50 bits per heavy atom. The lowest BCUT2D eigenvalue weighted by molar-refractivity contribution is -0.643. The SMILES string of the molecule is CC[Si](CC)(CC)c1cc2cc[n+](C)c3c4c(C)ccc5c6ccc(C(C)(C)C)cc6n(c(c1)c23)c54. The molecule has 0 aliphatic carbocycles. The van der Waals surface area contributed by atoms with E-state index in [0.717, 1.165) is 0 Å². The van der Waals surface area contributed by atoms with Crippen molar-refractivity contribution in [2.24, 2.45) is 7.05 Å². The molecule has 0 spiro atoms. The maximum atomic E-state index is 2.63. The summed E-state index contributed by atoms with van der Waals surface area (Å²) in [6.07, 6.45) is 2.27. The van der Waals surface area contributed by atoms with E-state index in [9.17, 15) is 0 Å². The molecule has 0 bridgehead atoms. The number of benzene rings is 3. The fourth-order valence-electron chi connectivity index (χ4n) is 6.85. The molecule has 0 fully saturated rings. The molecule has 0 aliphatic rings. The summed E-state index contributed by atoms with van der Waals surface area (Å²) in [4.78, 5) is 0. The molecule has 184 valence electrons. The molecule has 0 N–H and O–H groups in total. The van der Waals surface area contributed by atoms with Gasteiger partial charge in [-0.2, -0.15) is 0 Å². The van der Waals surface area contributed by atoms with Gasteiger partial charge in [-0.15, -0.1) is 0 Å². The van der Waals surface area contributed by atoms with Crippen LogP contribution in [0.5, 0.6) is 0 Å². The standard InChI is InChI=1S/C33H39N2Si/c1-9-36(10-2,11-3)24-18-22-16-17-34(8)32-29-21(4)12-14-26-25-15-13-23(33(5,6)7)19-27(25)35(31(26)29)28(20-24)30(22)32/h12-20H,9-11H2,1-8H3/q+1. The molecule has 6 rings (SSSR count). The van der Waals surface area contributed by atoms with E-state index in [1.54, 1.807) is 5.19 Å². The van der Waals surface area contributed by atoms with E-state index < -0.39 is 8.07 Å². The van der Waals surface area contributed by atoms with Crippen molar-refractivity contribution in [3.63, 3.8) is 0 Å². The van der Waals surface area contributed by atoms with Crippen LogP contribution in [0.1, 0.15) is 52.7 Å². The van der Waals surface area contributed by atoms with Gasteiger partial charge in [-0.1, -0.05) is 95.2 Å². The largest absolute Gasteiger partial charge is 0.307 e. The minimum Gasteiger partial charge on any atom is -0.307 e. The van der Waals surface area contributed by atoms with Crippen molar-refractivity contribution < 1.29 is 4.57 Å². The van der Waals surface area contributed by atoms with Gasteiger partial charge in [-0.05, 0) is 41.0 Å². The number of aryl methyl sites for hydroxylation is 2. The van der Waals surface area contributed by atoms with E-state index in [2.05, 4.69) is 119 Å². The van der Waals surface area contributed by atoms with Gasteiger partial charge in [0.25, 0.3) is 0 Å². The Kier molecular flexibility index (Phi) is 5.08. The van der Waals surface area contributed by atoms with Crippen molar-refractivity contribution in [1.82, 2.24) is 4.40 Å². The van der Waals surface area contributed by atoms with Crippen molar-refractivity contribution in [3.8, 4) is 0 Å². The highest BCUT2D eigenvalue weighted by Crippen LogP contribution is 2.41. The predicted molar refractivity (Wildman–Crippen MR) is 160 cm³/mol. The fourth-order valence-corrected chi connectivity index (χ4v) is 10.5. The lowest BCUT2D eigenvalue weighted by Gasteiger charge is -2.29. The van der Waals surface area contributed by atoms with Crippen LogP contribution < -0.4 is 9.75 Å². The molecule has 3 aromatic carbocycles. The first-order valence-electron chi connectivity index (χ1n) is 13.7. The number of aromatic nitrogens is 2. The van der Waals surface area contributed by atoms with Gasteiger partial charge < -0.3 is 4.40 Å². The second kappa shape index (κ2) is 7.79. The summed E-state index contributed by atoms with van der Waals surface area (Å²) in [5.74, 6) is 0. The van der Waals surface area contributed by atoms with E-state index in [-0.39, 0.29) is 5.41 Å². The van der Waals surface area contributed by atoms with Gasteiger partial charge in [0.1, 0.15) is 7.05 Å². The smallest absolute Gasteiger partial charge is 0.224 e. The van der Waals surface area contributed by atoms with Crippen LogP contribution in [0, 0.1) is 6.92 Å². The highest BCUT2D eigenvalue weighted by molar-refractivity contribution is 6.92. The molecule has 0 unspecified atom stereocenters. The van der Waals surface area contributed by atoms with Gasteiger partial charge in [0.15, 0.2) is 6.20 Å². The van der Waals surface area contributed by atoms with E-state index >= 15 is 0 Å². The third-order valence-electron chi connectivity index (χ3n) is 9.34. The number of fused-ring (bicyclic) bond motifs is 5. The molecule has 36 heavy (non-hydrogen) atoms. The highest BCUT2D eigenvalue weighted by Gasteiger charge is 2.32. The second-order valence-corrected chi connectivity index (χ2v) is 17.3. The van der Waals surface area contributed by atoms with Gasteiger partial charge in [-0.3, -0.25) is 0 Å². The Balaban J connectivity index is 1.95. The molecule has 6 aromatic rings. The highest BCUT2D eigenvalue weighted by atomic mass is 28.3. The van der Waals surface area contributed by atoms with Crippen molar-refractivity contribution in [2.45, 2.75) is 72.0 Å². The maximum absolute atomic E-state index is 2.63. The molecule has 3 aromatic heterocycles. The van der Waals surface area contributed by atoms with E-state index in [1.807, 2.05) is 0 Å². The molecule has 0 amide bonds. The van der Waals surface area contributed by atoms with Gasteiger partial charge in [0.2, 0.25) is 5.52 Å². The topological polar surface area (TPSA) is 8.29 Å². The molecular weight excluding hydrogens is 452 g/mol. The zero-order chi connectivity index (χ0) is 25.6. The summed E-state index contributed by atoms with van der Waals surface area (Å²) < 4.78 is 4.97. The number of hydrogen-bond acceptors (Lipinski definition) is 0. The first-order chi connectivity index (χ1) is 17.1. The van der Waals surface area contributed by atoms with Crippen molar-refractivity contribution in [3.05, 3.63) is 65.9 Å². The van der Waals surface area contributed by atoms with Crippen LogP contribution >= 0.6 is 0 Å². The Bertz CT molecular complexity index is 1790. The van der Waals surface area contributed by atoms with Crippen LogP contribution in [0.4, 0.5) is 0 Å². The lowest BCUT2D eigenvalue weighted by Crippen LogP contribution is -2.45. The quantitative estimate of drug-likeness (QED) is 0.102. The molecule has 3 heterocycles. The zero-order valence-electron chi connectivity index (χ0n) is 23.2. The zero-order valence-corrected chi connectivity index (χ0v) is 24.2. The predicted octanol–water partition coefficient (Wildman–Crippen LogP) is 8.14. The van der Waals surface area contributed by atoms with Crippen LogP contribution in [-0.4, -0.2) is 12.5 Å². The maximum Gasteiger partial charge on any atom is 0.224 e. The van der Waals surface area contributed by atoms with E-state index in [0.29, 0.717) is 0 Å². The molecule has 0 atom stereocenters. The average molecular weight is 492 g/mol. The minimum absolute atomic E-state index is 0.106. The Morgan fingerprint density at radius 1 is 0.806 bits per heavy atom. The summed E-state index contributed by atoms with van der Waals surface area (Å²) in [6.45, 7) is 16.5. The third kappa shape index (κ3) is 2.99. The molecule has 3 heteroatoms. The summed E-state index contributed by atoms with van der Waals surface area (Å²) >= 11 is 0. The summed E-state index contributed by atoms with van der Waals surface area (Å²) in [5.41, 5.74) is 8.31. The van der Waals surface area contributed by atoms with Gasteiger partial charge in [0, 0.05) is 16.8 Å². The van der Waals surface area contributed by atoms with Gasteiger partial charge in [0.05, 0.1) is 35.4 Å². The Labute approximate surface area is 215 Å². The summed E-state index contributed by atoms with van der Waals surface area (Å²) in [5, 5.41) is 8.52. The normalized spacial score (nSPS) is 13.3. The van der Waals surface area contributed by atoms with Crippen LogP contribution in [-0.2, 0) is 12.5 Å². The molecule has 0 saturated heterocycles. The Morgan fingerprint density at radius 3 is 2.17 bits per heavy atom. The number of rotatable bonds is 4. The fraction of sp³-hybridized carbons (Fsp3) is 0.364. The van der Waals surface area contributed by atoms with Gasteiger partial charge >= 0.3 is 0 Å².